The second kappa shape index (κ2) is 40.8. The van der Waals surface area contributed by atoms with Crippen LogP contribution in [0, 0.1) is 0 Å². The summed E-state index contributed by atoms with van der Waals surface area (Å²) in [7, 11) is 0. The highest BCUT2D eigenvalue weighted by Crippen LogP contribution is 2.19. The SMILES string of the molecule is CCCCCCCCC(CCCCCCCC)OC(=O)CCCCCCC(C)N(CCO)CCCCCCCC(=O)OCCCCCCCCI. The minimum atomic E-state index is -0.0333. The number of hydrogen-bond donors (Lipinski definition) is 1. The van der Waals surface area contributed by atoms with Crippen molar-refractivity contribution in [2.24, 2.45) is 0 Å². The van der Waals surface area contributed by atoms with E-state index >= 15 is 0 Å². The van der Waals surface area contributed by atoms with Crippen LogP contribution in [-0.4, -0.2) is 64.8 Å². The number of carbonyl (C=O) groups is 2. The van der Waals surface area contributed by atoms with E-state index in [1.54, 1.807) is 0 Å². The van der Waals surface area contributed by atoms with Crippen LogP contribution >= 0.6 is 22.6 Å². The summed E-state index contributed by atoms with van der Waals surface area (Å²) in [6.45, 7) is 9.35. The van der Waals surface area contributed by atoms with Crippen LogP contribution in [0.25, 0.3) is 0 Å². The van der Waals surface area contributed by atoms with Crippen molar-refractivity contribution in [3.05, 3.63) is 0 Å². The summed E-state index contributed by atoms with van der Waals surface area (Å²) in [5, 5.41) is 9.65. The Kier molecular flexibility index (Phi) is 40.4. The van der Waals surface area contributed by atoms with Gasteiger partial charge in [-0.1, -0.05) is 165 Å². The predicted molar refractivity (Wildman–Crippen MR) is 227 cm³/mol. The highest BCUT2D eigenvalue weighted by Gasteiger charge is 2.15. The van der Waals surface area contributed by atoms with Crippen molar-refractivity contribution in [1.82, 2.24) is 4.90 Å². The third-order valence-corrected chi connectivity index (χ3v) is 11.2. The number of unbranched alkanes of at least 4 members (excludes halogenated alkanes) is 22. The fourth-order valence-corrected chi connectivity index (χ4v) is 7.55. The number of hydrogen-bond acceptors (Lipinski definition) is 6. The van der Waals surface area contributed by atoms with Crippen molar-refractivity contribution in [1.29, 1.82) is 0 Å². The zero-order chi connectivity index (χ0) is 37.5. The topological polar surface area (TPSA) is 76.1 Å². The second-order valence-electron chi connectivity index (χ2n) is 15.3. The van der Waals surface area contributed by atoms with Crippen molar-refractivity contribution >= 4 is 34.5 Å². The molecule has 0 aliphatic heterocycles. The van der Waals surface area contributed by atoms with E-state index in [9.17, 15) is 14.7 Å². The van der Waals surface area contributed by atoms with E-state index in [0.717, 1.165) is 103 Å². The van der Waals surface area contributed by atoms with Crippen molar-refractivity contribution in [2.45, 2.75) is 238 Å². The summed E-state index contributed by atoms with van der Waals surface area (Å²) in [4.78, 5) is 27.2. The smallest absolute Gasteiger partial charge is 0.306 e. The standard InChI is InChI=1S/C44H86INO5/c1-4-6-8-10-15-24-32-42(33-25-16-11-9-7-5-2)51-44(49)35-27-19-18-23-31-41(3)46(38-39-47)37-29-21-14-17-26-34-43(48)50-40-30-22-13-12-20-28-36-45/h41-42,47H,4-40H2,1-3H3. The zero-order valence-corrected chi connectivity index (χ0v) is 36.4. The van der Waals surface area contributed by atoms with E-state index in [1.807, 2.05) is 0 Å². The van der Waals surface area contributed by atoms with Crippen LogP contribution in [0.2, 0.25) is 0 Å². The first-order valence-corrected chi connectivity index (χ1v) is 23.8. The maximum atomic E-state index is 12.7. The average molecular weight is 836 g/mol. The summed E-state index contributed by atoms with van der Waals surface area (Å²) < 4.78 is 12.7. The summed E-state index contributed by atoms with van der Waals surface area (Å²) >= 11 is 2.44. The molecule has 1 N–H and O–H groups in total. The van der Waals surface area contributed by atoms with Gasteiger partial charge in [0.1, 0.15) is 6.10 Å². The van der Waals surface area contributed by atoms with E-state index in [4.69, 9.17) is 9.47 Å². The number of aliphatic hydroxyl groups excluding tert-OH is 1. The highest BCUT2D eigenvalue weighted by atomic mass is 127. The first-order valence-electron chi connectivity index (χ1n) is 22.2. The van der Waals surface area contributed by atoms with Gasteiger partial charge in [0.25, 0.3) is 0 Å². The number of halogens is 1. The van der Waals surface area contributed by atoms with Crippen LogP contribution < -0.4 is 0 Å². The van der Waals surface area contributed by atoms with Crippen molar-refractivity contribution in [2.75, 3.05) is 30.7 Å². The third-order valence-electron chi connectivity index (χ3n) is 10.4. The summed E-state index contributed by atoms with van der Waals surface area (Å²) in [5.74, 6) is -0.0213. The fourth-order valence-electron chi connectivity index (χ4n) is 7.01. The largest absolute Gasteiger partial charge is 0.466 e. The Morgan fingerprint density at radius 2 is 1.00 bits per heavy atom. The molecule has 0 amide bonds. The van der Waals surface area contributed by atoms with Crippen molar-refractivity contribution < 1.29 is 24.2 Å². The van der Waals surface area contributed by atoms with Gasteiger partial charge in [0.2, 0.25) is 0 Å². The highest BCUT2D eigenvalue weighted by molar-refractivity contribution is 14.1. The molecule has 1 unspecified atom stereocenters. The normalized spacial score (nSPS) is 12.2. The van der Waals surface area contributed by atoms with Crippen LogP contribution in [0.15, 0.2) is 0 Å². The van der Waals surface area contributed by atoms with E-state index in [-0.39, 0.29) is 24.6 Å². The first kappa shape index (κ1) is 50.6. The third kappa shape index (κ3) is 36.3. The molecule has 0 saturated carbocycles. The van der Waals surface area contributed by atoms with Crippen LogP contribution in [0.5, 0.6) is 0 Å². The molecule has 0 aromatic rings. The van der Waals surface area contributed by atoms with E-state index in [2.05, 4.69) is 48.3 Å². The lowest BCUT2D eigenvalue weighted by atomic mass is 10.0. The van der Waals surface area contributed by atoms with Gasteiger partial charge < -0.3 is 14.6 Å². The molecule has 7 heteroatoms. The number of esters is 2. The van der Waals surface area contributed by atoms with Gasteiger partial charge >= 0.3 is 11.9 Å². The maximum Gasteiger partial charge on any atom is 0.306 e. The van der Waals surface area contributed by atoms with E-state index in [0.29, 0.717) is 25.5 Å². The molecule has 0 bridgehead atoms. The Hall–Kier alpha value is -0.410. The van der Waals surface area contributed by atoms with Gasteiger partial charge in [-0.2, -0.15) is 0 Å². The quantitative estimate of drug-likeness (QED) is 0.0286. The second-order valence-corrected chi connectivity index (χ2v) is 16.4. The number of aliphatic hydroxyl groups is 1. The van der Waals surface area contributed by atoms with Gasteiger partial charge in [-0.05, 0) is 82.1 Å². The fraction of sp³-hybridized carbons (Fsp3) is 0.955. The Morgan fingerprint density at radius 1 is 0.549 bits per heavy atom. The molecule has 0 aliphatic rings. The van der Waals surface area contributed by atoms with Crippen LogP contribution in [-0.2, 0) is 19.1 Å². The molecule has 0 aromatic heterocycles. The molecule has 0 spiro atoms. The first-order chi connectivity index (χ1) is 25.0. The Balaban J connectivity index is 4.06. The zero-order valence-electron chi connectivity index (χ0n) is 34.2. The number of ether oxygens (including phenoxy) is 2. The lowest BCUT2D eigenvalue weighted by molar-refractivity contribution is -0.150. The molecule has 0 aliphatic carbocycles. The molecule has 0 aromatic carbocycles. The molecule has 304 valence electrons. The summed E-state index contributed by atoms with van der Waals surface area (Å²) in [6.07, 6.45) is 36.9. The molecule has 0 radical (unpaired) electrons. The van der Waals surface area contributed by atoms with Gasteiger partial charge in [0.05, 0.1) is 13.2 Å². The predicted octanol–water partition coefficient (Wildman–Crippen LogP) is 13.1. The van der Waals surface area contributed by atoms with Gasteiger partial charge in [-0.15, -0.1) is 0 Å². The van der Waals surface area contributed by atoms with Gasteiger partial charge in [-0.3, -0.25) is 14.5 Å². The molecule has 0 saturated heterocycles. The molecule has 6 nitrogen and oxygen atoms in total. The van der Waals surface area contributed by atoms with Crippen LogP contribution in [0.4, 0.5) is 0 Å². The van der Waals surface area contributed by atoms with Crippen LogP contribution in [0.1, 0.15) is 226 Å². The van der Waals surface area contributed by atoms with Crippen molar-refractivity contribution in [3.63, 3.8) is 0 Å². The molecule has 0 fully saturated rings. The molecular weight excluding hydrogens is 749 g/mol. The summed E-state index contributed by atoms with van der Waals surface area (Å²) in [6, 6.07) is 0.456. The minimum absolute atomic E-state index is 0.0120. The minimum Gasteiger partial charge on any atom is -0.466 e. The van der Waals surface area contributed by atoms with E-state index < -0.39 is 0 Å². The van der Waals surface area contributed by atoms with E-state index in [1.165, 1.54) is 107 Å². The number of carbonyl (C=O) groups excluding carboxylic acids is 2. The van der Waals surface area contributed by atoms with Crippen molar-refractivity contribution in [3.8, 4) is 0 Å². The van der Waals surface area contributed by atoms with Gasteiger partial charge in [-0.25, -0.2) is 0 Å². The molecule has 0 heterocycles. The molecule has 1 atom stereocenters. The monoisotopic (exact) mass is 836 g/mol. The number of alkyl halides is 1. The molecule has 51 heavy (non-hydrogen) atoms. The molecular formula is C44H86INO5. The lowest BCUT2D eigenvalue weighted by Gasteiger charge is -2.28. The van der Waals surface area contributed by atoms with Crippen LogP contribution in [0.3, 0.4) is 0 Å². The summed E-state index contributed by atoms with van der Waals surface area (Å²) in [5.41, 5.74) is 0. The Bertz CT molecular complexity index is 722. The van der Waals surface area contributed by atoms with Gasteiger partial charge in [0.15, 0.2) is 0 Å². The lowest BCUT2D eigenvalue weighted by Crippen LogP contribution is -2.36. The van der Waals surface area contributed by atoms with Gasteiger partial charge in [0, 0.05) is 25.4 Å². The Labute approximate surface area is 331 Å². The maximum absolute atomic E-state index is 12.7. The number of rotatable bonds is 41. The Morgan fingerprint density at radius 3 is 1.55 bits per heavy atom. The average Bonchev–Trinajstić information content (AvgIpc) is 3.12. The molecule has 0 rings (SSSR count). The number of nitrogens with zero attached hydrogens (tertiary/aromatic N) is 1.